The van der Waals surface area contributed by atoms with Crippen molar-refractivity contribution in [2.75, 3.05) is 17.4 Å². The van der Waals surface area contributed by atoms with Gasteiger partial charge in [0, 0.05) is 23.3 Å². The number of nitrogens with one attached hydrogen (secondary N) is 2. The molecular weight excluding hydrogens is 368 g/mol. The Bertz CT molecular complexity index is 996. The predicted molar refractivity (Wildman–Crippen MR) is 101 cm³/mol. The molecule has 0 fully saturated rings. The van der Waals surface area contributed by atoms with Gasteiger partial charge < -0.3 is 20.1 Å². The number of carbonyl (C=O) groups excluding carboxylic acids is 1. The molecule has 0 unspecified atom stereocenters. The van der Waals surface area contributed by atoms with E-state index in [0.29, 0.717) is 23.1 Å². The molecule has 1 aromatic heterocycles. The fourth-order valence-corrected chi connectivity index (χ4v) is 2.77. The van der Waals surface area contributed by atoms with Crippen molar-refractivity contribution < 1.29 is 14.3 Å². The van der Waals surface area contributed by atoms with Crippen molar-refractivity contribution in [1.82, 2.24) is 9.97 Å². The van der Waals surface area contributed by atoms with Gasteiger partial charge in [0.05, 0.1) is 0 Å². The number of fused-ring (bicyclic) bond motifs is 1. The van der Waals surface area contributed by atoms with Crippen LogP contribution in [-0.4, -0.2) is 22.7 Å². The van der Waals surface area contributed by atoms with E-state index >= 15 is 0 Å². The number of benzene rings is 2. The van der Waals surface area contributed by atoms with Crippen LogP contribution in [-0.2, 0) is 6.54 Å². The number of halogens is 1. The average molecular weight is 383 g/mol. The lowest BCUT2D eigenvalue weighted by atomic mass is 10.2. The standard InChI is InChI=1S/C19H15ClN4O3/c20-13-2-1-3-14(7-13)24-19(25)15-8-18(23-10-22-15)21-9-12-4-5-16-17(6-12)27-11-26-16/h1-8,10H,9,11H2,(H,24,25)(H,21,22,23). The molecular formula is C19H15ClN4O3. The van der Waals surface area contributed by atoms with E-state index in [-0.39, 0.29) is 18.4 Å². The van der Waals surface area contributed by atoms with Crippen molar-refractivity contribution >= 4 is 29.0 Å². The number of hydrogen-bond acceptors (Lipinski definition) is 6. The van der Waals surface area contributed by atoms with Gasteiger partial charge in [0.25, 0.3) is 5.91 Å². The predicted octanol–water partition coefficient (Wildman–Crippen LogP) is 3.72. The van der Waals surface area contributed by atoms with Gasteiger partial charge in [0.2, 0.25) is 6.79 Å². The highest BCUT2D eigenvalue weighted by Crippen LogP contribution is 2.32. The molecule has 2 heterocycles. The number of carbonyl (C=O) groups is 1. The molecule has 2 aromatic carbocycles. The molecule has 2 N–H and O–H groups in total. The van der Waals surface area contributed by atoms with Gasteiger partial charge in [0.1, 0.15) is 17.8 Å². The summed E-state index contributed by atoms with van der Waals surface area (Å²) in [7, 11) is 0. The molecule has 0 saturated carbocycles. The fraction of sp³-hybridized carbons (Fsp3) is 0.105. The summed E-state index contributed by atoms with van der Waals surface area (Å²) in [6.45, 7) is 0.756. The van der Waals surface area contributed by atoms with Crippen molar-refractivity contribution in [2.45, 2.75) is 6.54 Å². The monoisotopic (exact) mass is 382 g/mol. The topological polar surface area (TPSA) is 85.4 Å². The van der Waals surface area contributed by atoms with Gasteiger partial charge in [-0.3, -0.25) is 4.79 Å². The molecule has 0 radical (unpaired) electrons. The van der Waals surface area contributed by atoms with Crippen LogP contribution >= 0.6 is 11.6 Å². The van der Waals surface area contributed by atoms with Crippen LogP contribution in [0.2, 0.25) is 5.02 Å². The van der Waals surface area contributed by atoms with Gasteiger partial charge in [0.15, 0.2) is 11.5 Å². The molecule has 0 bridgehead atoms. The summed E-state index contributed by atoms with van der Waals surface area (Å²) < 4.78 is 10.7. The Morgan fingerprint density at radius 1 is 1.07 bits per heavy atom. The maximum Gasteiger partial charge on any atom is 0.274 e. The van der Waals surface area contributed by atoms with E-state index in [9.17, 15) is 4.79 Å². The molecule has 0 atom stereocenters. The minimum atomic E-state index is -0.342. The van der Waals surface area contributed by atoms with Gasteiger partial charge in [-0.2, -0.15) is 0 Å². The number of nitrogens with zero attached hydrogens (tertiary/aromatic N) is 2. The van der Waals surface area contributed by atoms with E-state index in [0.717, 1.165) is 17.1 Å². The zero-order chi connectivity index (χ0) is 18.6. The van der Waals surface area contributed by atoms with Gasteiger partial charge in [-0.15, -0.1) is 0 Å². The summed E-state index contributed by atoms with van der Waals surface area (Å²) in [5, 5.41) is 6.47. The lowest BCUT2D eigenvalue weighted by Crippen LogP contribution is -2.14. The Hall–Kier alpha value is -3.32. The zero-order valence-corrected chi connectivity index (χ0v) is 14.9. The lowest BCUT2D eigenvalue weighted by molar-refractivity contribution is 0.102. The molecule has 3 aromatic rings. The molecule has 4 rings (SSSR count). The lowest BCUT2D eigenvalue weighted by Gasteiger charge is -2.08. The summed E-state index contributed by atoms with van der Waals surface area (Å²) >= 11 is 5.93. The third-order valence-electron chi connectivity index (χ3n) is 3.89. The van der Waals surface area contributed by atoms with E-state index in [4.69, 9.17) is 21.1 Å². The second-order valence-electron chi connectivity index (χ2n) is 5.79. The van der Waals surface area contributed by atoms with Crippen LogP contribution in [0.1, 0.15) is 16.1 Å². The number of amides is 1. The van der Waals surface area contributed by atoms with Crippen LogP contribution < -0.4 is 20.1 Å². The normalized spacial score (nSPS) is 11.9. The van der Waals surface area contributed by atoms with E-state index in [2.05, 4.69) is 20.6 Å². The summed E-state index contributed by atoms with van der Waals surface area (Å²) in [5.74, 6) is 1.66. The summed E-state index contributed by atoms with van der Waals surface area (Å²) in [5.41, 5.74) is 1.85. The maximum absolute atomic E-state index is 12.4. The number of hydrogen-bond donors (Lipinski definition) is 2. The molecule has 27 heavy (non-hydrogen) atoms. The number of aromatic nitrogens is 2. The van der Waals surface area contributed by atoms with Crippen LogP contribution in [0.5, 0.6) is 11.5 Å². The SMILES string of the molecule is O=C(Nc1cccc(Cl)c1)c1cc(NCc2ccc3c(c2)OCO3)ncn1. The first-order valence-electron chi connectivity index (χ1n) is 8.19. The van der Waals surface area contributed by atoms with Crippen LogP contribution in [0, 0.1) is 0 Å². The van der Waals surface area contributed by atoms with Crippen LogP contribution in [0.3, 0.4) is 0 Å². The third kappa shape index (κ3) is 4.09. The maximum atomic E-state index is 12.4. The third-order valence-corrected chi connectivity index (χ3v) is 4.13. The van der Waals surface area contributed by atoms with E-state index in [1.165, 1.54) is 6.33 Å². The van der Waals surface area contributed by atoms with Crippen molar-refractivity contribution in [1.29, 1.82) is 0 Å². The minimum Gasteiger partial charge on any atom is -0.454 e. The van der Waals surface area contributed by atoms with Gasteiger partial charge in [-0.05, 0) is 35.9 Å². The fourth-order valence-electron chi connectivity index (χ4n) is 2.58. The Labute approximate surface area is 160 Å². The second-order valence-corrected chi connectivity index (χ2v) is 6.23. The second kappa shape index (κ2) is 7.51. The van der Waals surface area contributed by atoms with E-state index < -0.39 is 0 Å². The Morgan fingerprint density at radius 2 is 1.96 bits per heavy atom. The summed E-state index contributed by atoms with van der Waals surface area (Å²) in [6, 6.07) is 14.2. The first kappa shape index (κ1) is 17.1. The highest BCUT2D eigenvalue weighted by atomic mass is 35.5. The first-order valence-corrected chi connectivity index (χ1v) is 8.56. The largest absolute Gasteiger partial charge is 0.454 e. The molecule has 7 nitrogen and oxygen atoms in total. The van der Waals surface area contributed by atoms with Crippen molar-refractivity contribution in [3.63, 3.8) is 0 Å². The van der Waals surface area contributed by atoms with Crippen LogP contribution in [0.4, 0.5) is 11.5 Å². The van der Waals surface area contributed by atoms with Crippen LogP contribution in [0.15, 0.2) is 54.9 Å². The molecule has 0 spiro atoms. The smallest absolute Gasteiger partial charge is 0.274 e. The Kier molecular flexibility index (Phi) is 4.76. The highest BCUT2D eigenvalue weighted by molar-refractivity contribution is 6.30. The number of rotatable bonds is 5. The van der Waals surface area contributed by atoms with Gasteiger partial charge >= 0.3 is 0 Å². The van der Waals surface area contributed by atoms with E-state index in [1.54, 1.807) is 30.3 Å². The first-order chi connectivity index (χ1) is 13.2. The molecule has 1 aliphatic rings. The Morgan fingerprint density at radius 3 is 2.85 bits per heavy atom. The van der Waals surface area contributed by atoms with Crippen molar-refractivity contribution in [3.05, 3.63) is 71.1 Å². The molecule has 136 valence electrons. The quantitative estimate of drug-likeness (QED) is 0.699. The van der Waals surface area contributed by atoms with Gasteiger partial charge in [-0.25, -0.2) is 9.97 Å². The summed E-state index contributed by atoms with van der Waals surface area (Å²) in [6.07, 6.45) is 1.34. The average Bonchev–Trinajstić information content (AvgIpc) is 3.14. The van der Waals surface area contributed by atoms with Gasteiger partial charge in [-0.1, -0.05) is 23.7 Å². The van der Waals surface area contributed by atoms with Crippen molar-refractivity contribution in [3.8, 4) is 11.5 Å². The molecule has 8 heteroatoms. The van der Waals surface area contributed by atoms with Crippen molar-refractivity contribution in [2.24, 2.45) is 0 Å². The molecule has 0 aliphatic carbocycles. The molecule has 1 amide bonds. The molecule has 1 aliphatic heterocycles. The highest BCUT2D eigenvalue weighted by Gasteiger charge is 2.13. The van der Waals surface area contributed by atoms with E-state index in [1.807, 2.05) is 18.2 Å². The minimum absolute atomic E-state index is 0.239. The number of anilines is 2. The molecule has 0 saturated heterocycles. The zero-order valence-electron chi connectivity index (χ0n) is 14.1. The Balaban J connectivity index is 1.42. The number of ether oxygens (including phenoxy) is 2. The summed E-state index contributed by atoms with van der Waals surface area (Å²) in [4.78, 5) is 20.6. The van der Waals surface area contributed by atoms with Crippen LogP contribution in [0.25, 0.3) is 0 Å².